The number of nitrogens with zero attached hydrogens (tertiary/aromatic N) is 1. The number of hydrogen-bond acceptors (Lipinski definition) is 7. The van der Waals surface area contributed by atoms with E-state index in [1.807, 2.05) is 0 Å². The highest BCUT2D eigenvalue weighted by Gasteiger charge is 2.20. The summed E-state index contributed by atoms with van der Waals surface area (Å²) in [5.74, 6) is -2.61. The molecule has 0 aliphatic heterocycles. The van der Waals surface area contributed by atoms with Crippen LogP contribution in [-0.2, 0) is 19.4 Å². The van der Waals surface area contributed by atoms with E-state index < -0.39 is 38.0 Å². The number of ether oxygens (including phenoxy) is 1. The topological polar surface area (TPSA) is 121 Å². The van der Waals surface area contributed by atoms with Crippen LogP contribution in [-0.4, -0.2) is 43.7 Å². The zero-order chi connectivity index (χ0) is 16.0. The standard InChI is InChI=1S/C12H13NO7S/c1-20-12(15)6-7-21(18,19)8-11(14)9-2-4-10(5-3-9)13(16)17/h2-5H,6-8H2,1H3. The predicted octanol–water partition coefficient (Wildman–Crippen LogP) is 0.755. The van der Waals surface area contributed by atoms with Crippen molar-refractivity contribution in [3.63, 3.8) is 0 Å². The number of non-ortho nitro benzene ring substituents is 1. The molecule has 0 saturated carbocycles. The molecular weight excluding hydrogens is 302 g/mol. The van der Waals surface area contributed by atoms with Crippen LogP contribution in [0.15, 0.2) is 24.3 Å². The molecule has 1 aromatic rings. The Morgan fingerprint density at radius 3 is 2.29 bits per heavy atom. The minimum absolute atomic E-state index is 0.0576. The summed E-state index contributed by atoms with van der Waals surface area (Å²) in [7, 11) is -2.61. The van der Waals surface area contributed by atoms with Gasteiger partial charge in [-0.3, -0.25) is 19.7 Å². The van der Waals surface area contributed by atoms with Crippen molar-refractivity contribution in [3.05, 3.63) is 39.9 Å². The molecule has 1 aromatic carbocycles. The summed E-state index contributed by atoms with van der Waals surface area (Å²) in [4.78, 5) is 32.5. The largest absolute Gasteiger partial charge is 0.469 e. The number of rotatable bonds is 7. The van der Waals surface area contributed by atoms with Gasteiger partial charge >= 0.3 is 5.97 Å². The minimum Gasteiger partial charge on any atom is -0.469 e. The Balaban J connectivity index is 2.71. The zero-order valence-electron chi connectivity index (χ0n) is 11.1. The van der Waals surface area contributed by atoms with Gasteiger partial charge in [0.15, 0.2) is 15.6 Å². The first-order valence-electron chi connectivity index (χ1n) is 5.80. The maximum absolute atomic E-state index is 11.8. The molecule has 0 heterocycles. The SMILES string of the molecule is COC(=O)CCS(=O)(=O)CC(=O)c1ccc([N+](=O)[O-])cc1. The van der Waals surface area contributed by atoms with Crippen LogP contribution in [0.5, 0.6) is 0 Å². The van der Waals surface area contributed by atoms with Gasteiger partial charge < -0.3 is 4.74 Å². The van der Waals surface area contributed by atoms with Crippen LogP contribution in [0.2, 0.25) is 0 Å². The third-order valence-electron chi connectivity index (χ3n) is 2.60. The summed E-state index contributed by atoms with van der Waals surface area (Å²) in [6, 6.07) is 4.62. The highest BCUT2D eigenvalue weighted by Crippen LogP contribution is 2.13. The van der Waals surface area contributed by atoms with E-state index in [0.29, 0.717) is 0 Å². The van der Waals surface area contributed by atoms with Crippen molar-refractivity contribution in [2.75, 3.05) is 18.6 Å². The molecule has 114 valence electrons. The number of ketones is 1. The smallest absolute Gasteiger partial charge is 0.306 e. The Morgan fingerprint density at radius 2 is 1.81 bits per heavy atom. The maximum atomic E-state index is 11.8. The van der Waals surface area contributed by atoms with Gasteiger partial charge in [-0.1, -0.05) is 0 Å². The molecule has 0 amide bonds. The molecule has 0 saturated heterocycles. The van der Waals surface area contributed by atoms with E-state index in [1.54, 1.807) is 0 Å². The fraction of sp³-hybridized carbons (Fsp3) is 0.333. The van der Waals surface area contributed by atoms with Crippen LogP contribution in [0.4, 0.5) is 5.69 Å². The highest BCUT2D eigenvalue weighted by molar-refractivity contribution is 7.92. The third kappa shape index (κ3) is 5.30. The van der Waals surface area contributed by atoms with Gasteiger partial charge in [-0.2, -0.15) is 0 Å². The number of nitro benzene ring substituents is 1. The summed E-state index contributed by atoms with van der Waals surface area (Å²) in [6.07, 6.45) is -0.327. The van der Waals surface area contributed by atoms with Crippen molar-refractivity contribution >= 4 is 27.3 Å². The van der Waals surface area contributed by atoms with Crippen molar-refractivity contribution < 1.29 is 27.7 Å². The second kappa shape index (κ2) is 6.93. The lowest BCUT2D eigenvalue weighted by Crippen LogP contribution is -2.21. The van der Waals surface area contributed by atoms with Crippen molar-refractivity contribution in [1.29, 1.82) is 0 Å². The van der Waals surface area contributed by atoms with Gasteiger partial charge in [-0.25, -0.2) is 8.42 Å². The molecule has 0 atom stereocenters. The van der Waals surface area contributed by atoms with Crippen LogP contribution >= 0.6 is 0 Å². The monoisotopic (exact) mass is 315 g/mol. The van der Waals surface area contributed by atoms with Crippen molar-refractivity contribution in [1.82, 2.24) is 0 Å². The van der Waals surface area contributed by atoms with E-state index in [9.17, 15) is 28.1 Å². The summed E-state index contributed by atoms with van der Waals surface area (Å²) < 4.78 is 27.7. The molecule has 0 aliphatic rings. The number of hydrogen-bond donors (Lipinski definition) is 0. The van der Waals surface area contributed by atoms with Gasteiger partial charge in [0.2, 0.25) is 0 Å². The van der Waals surface area contributed by atoms with Gasteiger partial charge in [0.25, 0.3) is 5.69 Å². The average molecular weight is 315 g/mol. The lowest BCUT2D eigenvalue weighted by Gasteiger charge is -2.03. The molecule has 0 spiro atoms. The number of Topliss-reactive ketones (excluding diaryl/α,β-unsaturated/α-hetero) is 1. The lowest BCUT2D eigenvalue weighted by molar-refractivity contribution is -0.384. The second-order valence-corrected chi connectivity index (χ2v) is 6.33. The molecule has 0 unspecified atom stereocenters. The number of sulfone groups is 1. The molecule has 0 aromatic heterocycles. The van der Waals surface area contributed by atoms with Crippen LogP contribution in [0.3, 0.4) is 0 Å². The van der Waals surface area contributed by atoms with Crippen molar-refractivity contribution in [3.8, 4) is 0 Å². The third-order valence-corrected chi connectivity index (χ3v) is 4.12. The number of carbonyl (C=O) groups is 2. The molecule has 0 radical (unpaired) electrons. The summed E-state index contributed by atoms with van der Waals surface area (Å²) in [5.41, 5.74) is -0.137. The Hall–Kier alpha value is -2.29. The van der Waals surface area contributed by atoms with Crippen LogP contribution in [0.1, 0.15) is 16.8 Å². The van der Waals surface area contributed by atoms with Gasteiger partial charge in [-0.05, 0) is 12.1 Å². The molecule has 1 rings (SSSR count). The number of esters is 1. The van der Waals surface area contributed by atoms with Gasteiger partial charge in [0.1, 0.15) is 5.75 Å². The number of benzene rings is 1. The molecule has 21 heavy (non-hydrogen) atoms. The number of carbonyl (C=O) groups excluding carboxylic acids is 2. The fourth-order valence-electron chi connectivity index (χ4n) is 1.47. The van der Waals surface area contributed by atoms with E-state index >= 15 is 0 Å². The van der Waals surface area contributed by atoms with Gasteiger partial charge in [0, 0.05) is 17.7 Å². The Morgan fingerprint density at radius 1 is 1.24 bits per heavy atom. The highest BCUT2D eigenvalue weighted by atomic mass is 32.2. The molecular formula is C12H13NO7S. The second-order valence-electron chi connectivity index (χ2n) is 4.15. The van der Waals surface area contributed by atoms with Crippen molar-refractivity contribution in [2.24, 2.45) is 0 Å². The summed E-state index contributed by atoms with van der Waals surface area (Å²) >= 11 is 0. The van der Waals surface area contributed by atoms with Gasteiger partial charge in [-0.15, -0.1) is 0 Å². The molecule has 9 heteroatoms. The number of nitro groups is 1. The Kier molecular flexibility index (Phi) is 5.53. The van der Waals surface area contributed by atoms with Crippen LogP contribution in [0, 0.1) is 10.1 Å². The lowest BCUT2D eigenvalue weighted by atomic mass is 10.1. The zero-order valence-corrected chi connectivity index (χ0v) is 12.0. The van der Waals surface area contributed by atoms with Crippen molar-refractivity contribution in [2.45, 2.75) is 6.42 Å². The molecule has 8 nitrogen and oxygen atoms in total. The molecule has 0 N–H and O–H groups in total. The average Bonchev–Trinajstić information content (AvgIpc) is 2.44. The van der Waals surface area contributed by atoms with E-state index in [2.05, 4.69) is 4.74 Å². The summed E-state index contributed by atoms with van der Waals surface area (Å²) in [6.45, 7) is 0. The first-order chi connectivity index (χ1) is 9.75. The quantitative estimate of drug-likeness (QED) is 0.315. The predicted molar refractivity (Wildman–Crippen MR) is 72.7 cm³/mol. The van der Waals surface area contributed by atoms with Crippen LogP contribution in [0.25, 0.3) is 0 Å². The molecule has 0 bridgehead atoms. The van der Waals surface area contributed by atoms with E-state index in [4.69, 9.17) is 0 Å². The van der Waals surface area contributed by atoms with Crippen LogP contribution < -0.4 is 0 Å². The normalized spacial score (nSPS) is 10.9. The summed E-state index contributed by atoms with van der Waals surface area (Å²) in [5, 5.41) is 10.5. The van der Waals surface area contributed by atoms with Gasteiger partial charge in [0.05, 0.1) is 24.2 Å². The first-order valence-corrected chi connectivity index (χ1v) is 7.62. The minimum atomic E-state index is -3.74. The number of methoxy groups -OCH3 is 1. The molecule has 0 fully saturated rings. The maximum Gasteiger partial charge on any atom is 0.306 e. The van der Waals surface area contributed by atoms with E-state index in [-0.39, 0.29) is 17.7 Å². The van der Waals surface area contributed by atoms with E-state index in [1.165, 1.54) is 12.1 Å². The Bertz CT molecular complexity index is 649. The molecule has 0 aliphatic carbocycles. The first kappa shape index (κ1) is 16.8. The van der Waals surface area contributed by atoms with E-state index in [0.717, 1.165) is 19.2 Å². The fourth-order valence-corrected chi connectivity index (χ4v) is 2.65. The Labute approximate surface area is 120 Å².